The standard InChI is InChI=1S/C23H28N4O4S/c1-6-26(7-2)12-18-25-21-20(14(3)15(4)32-21)22(29)27(18)13-19(28)24-17-10-8-16(9-11-17)23(30)31-5/h8-11H,6-7,12-13H2,1-5H3,(H,24,28). The summed E-state index contributed by atoms with van der Waals surface area (Å²) in [6.45, 7) is 9.94. The van der Waals surface area contributed by atoms with Gasteiger partial charge in [-0.2, -0.15) is 0 Å². The number of thiophene rings is 1. The van der Waals surface area contributed by atoms with E-state index in [2.05, 4.69) is 28.8 Å². The second-order valence-corrected chi connectivity index (χ2v) is 8.66. The lowest BCUT2D eigenvalue weighted by Gasteiger charge is -2.20. The second kappa shape index (κ2) is 10.1. The number of nitrogens with one attached hydrogen (secondary N) is 1. The summed E-state index contributed by atoms with van der Waals surface area (Å²) in [5.74, 6) is -0.218. The molecule has 0 fully saturated rings. The van der Waals surface area contributed by atoms with Gasteiger partial charge in [-0.1, -0.05) is 13.8 Å². The highest BCUT2D eigenvalue weighted by molar-refractivity contribution is 7.18. The van der Waals surface area contributed by atoms with Gasteiger partial charge in [0, 0.05) is 10.6 Å². The highest BCUT2D eigenvalue weighted by atomic mass is 32.1. The lowest BCUT2D eigenvalue weighted by atomic mass is 10.2. The van der Waals surface area contributed by atoms with Crippen LogP contribution in [0, 0.1) is 13.8 Å². The molecule has 0 aliphatic carbocycles. The third-order valence-corrected chi connectivity index (χ3v) is 6.62. The first kappa shape index (κ1) is 23.6. The molecule has 3 rings (SSSR count). The zero-order valence-electron chi connectivity index (χ0n) is 19.0. The van der Waals surface area contributed by atoms with E-state index in [0.29, 0.717) is 33.8 Å². The molecule has 0 spiro atoms. The maximum Gasteiger partial charge on any atom is 0.337 e. The van der Waals surface area contributed by atoms with Crippen molar-refractivity contribution in [2.45, 2.75) is 40.8 Å². The van der Waals surface area contributed by atoms with Gasteiger partial charge < -0.3 is 10.1 Å². The molecule has 1 aromatic carbocycles. The number of rotatable bonds is 8. The number of hydrogen-bond acceptors (Lipinski definition) is 7. The van der Waals surface area contributed by atoms with Gasteiger partial charge >= 0.3 is 5.97 Å². The Hall–Kier alpha value is -3.04. The molecule has 170 valence electrons. The second-order valence-electron chi connectivity index (χ2n) is 7.46. The number of hydrogen-bond donors (Lipinski definition) is 1. The fourth-order valence-corrected chi connectivity index (χ4v) is 4.49. The SMILES string of the molecule is CCN(CC)Cc1nc2sc(C)c(C)c2c(=O)n1CC(=O)Nc1ccc(C(=O)OC)cc1. The summed E-state index contributed by atoms with van der Waals surface area (Å²) in [5.41, 5.74) is 1.62. The number of nitrogens with zero attached hydrogens (tertiary/aromatic N) is 3. The van der Waals surface area contributed by atoms with Crippen molar-refractivity contribution >= 4 is 39.1 Å². The molecule has 0 unspecified atom stereocenters. The fourth-order valence-electron chi connectivity index (χ4n) is 3.45. The first-order valence-corrected chi connectivity index (χ1v) is 11.3. The molecule has 1 amide bonds. The molecule has 0 bridgehead atoms. The molecule has 8 nitrogen and oxygen atoms in total. The average molecular weight is 457 g/mol. The van der Waals surface area contributed by atoms with Gasteiger partial charge in [0.2, 0.25) is 5.91 Å². The summed E-state index contributed by atoms with van der Waals surface area (Å²) < 4.78 is 6.15. The lowest BCUT2D eigenvalue weighted by molar-refractivity contribution is -0.116. The van der Waals surface area contributed by atoms with Crippen molar-refractivity contribution in [1.82, 2.24) is 14.5 Å². The van der Waals surface area contributed by atoms with Crippen LogP contribution in [0.15, 0.2) is 29.1 Å². The van der Waals surface area contributed by atoms with Crippen molar-refractivity contribution in [2.24, 2.45) is 0 Å². The number of methoxy groups -OCH3 is 1. The maximum atomic E-state index is 13.4. The van der Waals surface area contributed by atoms with E-state index < -0.39 is 5.97 Å². The molecular formula is C23H28N4O4S. The molecule has 0 aliphatic heterocycles. The Morgan fingerprint density at radius 2 is 1.81 bits per heavy atom. The fraction of sp³-hybridized carbons (Fsp3) is 0.391. The summed E-state index contributed by atoms with van der Waals surface area (Å²) >= 11 is 1.50. The molecule has 2 aromatic heterocycles. The van der Waals surface area contributed by atoms with Gasteiger partial charge in [0.15, 0.2) is 0 Å². The van der Waals surface area contributed by atoms with Crippen molar-refractivity contribution in [2.75, 3.05) is 25.5 Å². The summed E-state index contributed by atoms with van der Waals surface area (Å²) in [6.07, 6.45) is 0. The number of ether oxygens (including phenoxy) is 1. The molecular weight excluding hydrogens is 428 g/mol. The highest BCUT2D eigenvalue weighted by Crippen LogP contribution is 2.26. The zero-order valence-corrected chi connectivity index (χ0v) is 19.8. The summed E-state index contributed by atoms with van der Waals surface area (Å²) in [4.78, 5) is 46.4. The van der Waals surface area contributed by atoms with Crippen LogP contribution in [-0.2, 0) is 22.6 Å². The number of aryl methyl sites for hydroxylation is 2. The summed E-state index contributed by atoms with van der Waals surface area (Å²) in [5, 5.41) is 3.36. The van der Waals surface area contributed by atoms with Gasteiger partial charge in [0.25, 0.3) is 5.56 Å². The molecule has 3 aromatic rings. The van der Waals surface area contributed by atoms with Crippen molar-refractivity contribution in [3.63, 3.8) is 0 Å². The molecule has 1 N–H and O–H groups in total. The quantitative estimate of drug-likeness (QED) is 0.523. The average Bonchev–Trinajstić information content (AvgIpc) is 3.07. The van der Waals surface area contributed by atoms with Gasteiger partial charge in [-0.25, -0.2) is 9.78 Å². The Labute approximate surface area is 190 Å². The summed E-state index contributed by atoms with van der Waals surface area (Å²) in [6, 6.07) is 6.39. The predicted octanol–water partition coefficient (Wildman–Crippen LogP) is 3.34. The van der Waals surface area contributed by atoms with Crippen LogP contribution in [0.25, 0.3) is 10.2 Å². The Kier molecular flexibility index (Phi) is 7.42. The van der Waals surface area contributed by atoms with Crippen LogP contribution in [-0.4, -0.2) is 46.5 Å². The Morgan fingerprint density at radius 3 is 2.41 bits per heavy atom. The number of amides is 1. The third-order valence-electron chi connectivity index (χ3n) is 5.52. The minimum absolute atomic E-state index is 0.147. The number of benzene rings is 1. The molecule has 9 heteroatoms. The monoisotopic (exact) mass is 456 g/mol. The largest absolute Gasteiger partial charge is 0.465 e. The smallest absolute Gasteiger partial charge is 0.337 e. The van der Waals surface area contributed by atoms with E-state index in [9.17, 15) is 14.4 Å². The van der Waals surface area contributed by atoms with Crippen molar-refractivity contribution in [3.05, 3.63) is 56.4 Å². The lowest BCUT2D eigenvalue weighted by Crippen LogP contribution is -2.34. The van der Waals surface area contributed by atoms with Gasteiger partial charge in [-0.3, -0.25) is 19.1 Å². The molecule has 2 heterocycles. The third kappa shape index (κ3) is 4.89. The van der Waals surface area contributed by atoms with Gasteiger partial charge in [-0.15, -0.1) is 11.3 Å². The molecule has 0 aliphatic rings. The van der Waals surface area contributed by atoms with E-state index in [1.807, 2.05) is 13.8 Å². The Morgan fingerprint density at radius 1 is 1.16 bits per heavy atom. The first-order chi connectivity index (χ1) is 15.3. The van der Waals surface area contributed by atoms with E-state index in [-0.39, 0.29) is 18.0 Å². The van der Waals surface area contributed by atoms with E-state index in [0.717, 1.165) is 23.5 Å². The van der Waals surface area contributed by atoms with Crippen molar-refractivity contribution < 1.29 is 14.3 Å². The Balaban J connectivity index is 1.92. The number of carbonyl (C=O) groups is 2. The van der Waals surface area contributed by atoms with E-state index in [4.69, 9.17) is 4.98 Å². The topological polar surface area (TPSA) is 93.5 Å². The van der Waals surface area contributed by atoms with Crippen LogP contribution in [0.2, 0.25) is 0 Å². The van der Waals surface area contributed by atoms with E-state index in [1.54, 1.807) is 24.3 Å². The number of esters is 1. The number of fused-ring (bicyclic) bond motifs is 1. The minimum Gasteiger partial charge on any atom is -0.465 e. The number of aromatic nitrogens is 2. The highest BCUT2D eigenvalue weighted by Gasteiger charge is 2.19. The van der Waals surface area contributed by atoms with Gasteiger partial charge in [0.05, 0.1) is 24.6 Å². The van der Waals surface area contributed by atoms with Crippen molar-refractivity contribution in [1.29, 1.82) is 0 Å². The van der Waals surface area contributed by atoms with Gasteiger partial charge in [-0.05, 0) is 56.8 Å². The number of anilines is 1. The number of carbonyl (C=O) groups excluding carboxylic acids is 2. The van der Waals surface area contributed by atoms with Crippen LogP contribution < -0.4 is 10.9 Å². The molecule has 32 heavy (non-hydrogen) atoms. The first-order valence-electron chi connectivity index (χ1n) is 10.5. The van der Waals surface area contributed by atoms with Crippen molar-refractivity contribution in [3.8, 4) is 0 Å². The minimum atomic E-state index is -0.448. The van der Waals surface area contributed by atoms with E-state index in [1.165, 1.54) is 23.0 Å². The molecule has 0 saturated heterocycles. The predicted molar refractivity (Wildman–Crippen MR) is 126 cm³/mol. The zero-order chi connectivity index (χ0) is 23.4. The molecule has 0 saturated carbocycles. The summed E-state index contributed by atoms with van der Waals surface area (Å²) in [7, 11) is 1.31. The van der Waals surface area contributed by atoms with Crippen LogP contribution in [0.5, 0.6) is 0 Å². The van der Waals surface area contributed by atoms with E-state index >= 15 is 0 Å². The van der Waals surface area contributed by atoms with Crippen LogP contribution >= 0.6 is 11.3 Å². The van der Waals surface area contributed by atoms with Crippen LogP contribution in [0.3, 0.4) is 0 Å². The molecule has 0 radical (unpaired) electrons. The molecule has 0 atom stereocenters. The van der Waals surface area contributed by atoms with Crippen LogP contribution in [0.4, 0.5) is 5.69 Å². The van der Waals surface area contributed by atoms with Crippen LogP contribution in [0.1, 0.15) is 40.5 Å². The Bertz CT molecular complexity index is 1190. The maximum absolute atomic E-state index is 13.4. The normalized spacial score (nSPS) is 11.2. The van der Waals surface area contributed by atoms with Gasteiger partial charge in [0.1, 0.15) is 17.2 Å².